The van der Waals surface area contributed by atoms with E-state index in [4.69, 9.17) is 18.4 Å². The number of phenolic OH excluding ortho intramolecular Hbond substituents is 5. The standard InChI is InChI=1S/C26H28O19S/c27-7-2-9(29)8(28)1-6(7)12-3-10(30)14-19(34)15(26-23(38)21(36)18(33)13(45-26)5-43-46(39,40)41)20(35)16(24(14)44-12)25-22(37)17(32)11(31)4-42-25/h1-3,11,13,17-18,21-23,25-29,31-38H,4-5H2,(H,39,40,41). The van der Waals surface area contributed by atoms with E-state index in [0.29, 0.717) is 12.1 Å². The summed E-state index contributed by atoms with van der Waals surface area (Å²) in [6.07, 6.45) is -17.9. The highest BCUT2D eigenvalue weighted by molar-refractivity contribution is 7.80. The van der Waals surface area contributed by atoms with Gasteiger partial charge in [0, 0.05) is 12.1 Å². The number of aromatic hydroxyl groups is 5. The van der Waals surface area contributed by atoms with Crippen molar-refractivity contribution in [1.29, 1.82) is 0 Å². The van der Waals surface area contributed by atoms with Crippen molar-refractivity contribution in [1.82, 2.24) is 0 Å². The predicted molar refractivity (Wildman–Crippen MR) is 146 cm³/mol. The molecule has 9 unspecified atom stereocenters. The molecule has 20 heteroatoms. The Labute approximate surface area is 256 Å². The molecule has 5 rings (SSSR count). The van der Waals surface area contributed by atoms with E-state index in [0.717, 1.165) is 6.07 Å². The van der Waals surface area contributed by atoms with Crippen LogP contribution >= 0.6 is 0 Å². The van der Waals surface area contributed by atoms with E-state index in [1.165, 1.54) is 0 Å². The lowest BCUT2D eigenvalue weighted by Crippen LogP contribution is -2.55. The molecule has 0 amide bonds. The van der Waals surface area contributed by atoms with Gasteiger partial charge in [0.2, 0.25) is 0 Å². The SMILES string of the molecule is O=c1cc(-c2cc(O)c(O)cc2O)oc2c(C3OCC(O)C(O)C3O)c(O)c(C3OC(COS(=O)(=O)O)C(O)C(O)C3O)c(O)c12. The maximum Gasteiger partial charge on any atom is 0.397 e. The van der Waals surface area contributed by atoms with Crippen LogP contribution in [0.15, 0.2) is 27.4 Å². The molecule has 46 heavy (non-hydrogen) atoms. The Morgan fingerprint density at radius 2 is 1.39 bits per heavy atom. The lowest BCUT2D eigenvalue weighted by Gasteiger charge is -2.41. The van der Waals surface area contributed by atoms with Gasteiger partial charge in [0.15, 0.2) is 22.5 Å². The van der Waals surface area contributed by atoms with E-state index in [9.17, 15) is 69.4 Å². The molecule has 0 bridgehead atoms. The van der Waals surface area contributed by atoms with Crippen LogP contribution in [0.2, 0.25) is 0 Å². The lowest BCUT2D eigenvalue weighted by atomic mass is 9.85. The van der Waals surface area contributed by atoms with E-state index >= 15 is 0 Å². The number of rotatable bonds is 6. The Balaban J connectivity index is 1.78. The Morgan fingerprint density at radius 3 is 2.04 bits per heavy atom. The maximum atomic E-state index is 13.5. The molecule has 1 aromatic heterocycles. The summed E-state index contributed by atoms with van der Waals surface area (Å²) in [7, 11) is -5.11. The van der Waals surface area contributed by atoms with Gasteiger partial charge in [-0.15, -0.1) is 0 Å². The molecular weight excluding hydrogens is 648 g/mol. The highest BCUT2D eigenvalue weighted by atomic mass is 32.3. The molecule has 0 radical (unpaired) electrons. The molecule has 3 aromatic rings. The predicted octanol–water partition coefficient (Wildman–Crippen LogP) is -2.52. The average molecular weight is 677 g/mol. The fraction of sp³-hybridized carbons (Fsp3) is 0.423. The quantitative estimate of drug-likeness (QED) is 0.0728. The van der Waals surface area contributed by atoms with E-state index < -0.39 is 141 Å². The summed E-state index contributed by atoms with van der Waals surface area (Å²) in [5.41, 5.74) is -3.86. The molecule has 3 heterocycles. The normalized spacial score (nSPS) is 30.5. The minimum Gasteiger partial charge on any atom is -0.507 e. The highest BCUT2D eigenvalue weighted by Crippen LogP contribution is 2.51. The summed E-state index contributed by atoms with van der Waals surface area (Å²) < 4.78 is 52.0. The van der Waals surface area contributed by atoms with Crippen molar-refractivity contribution in [3.8, 4) is 40.1 Å². The summed E-state index contributed by atoms with van der Waals surface area (Å²) in [6.45, 7) is -1.80. The number of aliphatic hydroxyl groups is 6. The third-order valence-electron chi connectivity index (χ3n) is 7.72. The van der Waals surface area contributed by atoms with Gasteiger partial charge in [-0.05, 0) is 6.07 Å². The number of fused-ring (bicyclic) bond motifs is 1. The van der Waals surface area contributed by atoms with Crippen molar-refractivity contribution >= 4 is 21.4 Å². The average Bonchev–Trinajstić information content (AvgIpc) is 2.97. The summed E-state index contributed by atoms with van der Waals surface area (Å²) >= 11 is 0. The van der Waals surface area contributed by atoms with Gasteiger partial charge in [0.1, 0.15) is 83.3 Å². The number of phenols is 5. The van der Waals surface area contributed by atoms with Gasteiger partial charge in [-0.3, -0.25) is 9.35 Å². The van der Waals surface area contributed by atoms with Gasteiger partial charge in [-0.1, -0.05) is 0 Å². The Morgan fingerprint density at radius 1 is 0.761 bits per heavy atom. The first-order chi connectivity index (χ1) is 21.4. The fourth-order valence-electron chi connectivity index (χ4n) is 5.38. The van der Waals surface area contributed by atoms with Crippen molar-refractivity contribution in [2.75, 3.05) is 13.2 Å². The molecular formula is C26H28O19S. The first kappa shape index (κ1) is 33.6. The molecule has 2 aliphatic heterocycles. The van der Waals surface area contributed by atoms with Crippen molar-refractivity contribution in [2.24, 2.45) is 0 Å². The van der Waals surface area contributed by atoms with Gasteiger partial charge >= 0.3 is 10.4 Å². The third-order valence-corrected chi connectivity index (χ3v) is 8.15. The van der Waals surface area contributed by atoms with Gasteiger partial charge < -0.3 is 70.1 Å². The van der Waals surface area contributed by atoms with Crippen LogP contribution in [-0.2, 0) is 24.1 Å². The second-order valence-corrected chi connectivity index (χ2v) is 11.7. The number of benzene rings is 2. The molecule has 0 aliphatic carbocycles. The summed E-state index contributed by atoms with van der Waals surface area (Å²) in [5, 5.41) is 115. The topological polar surface area (TPSA) is 335 Å². The Bertz CT molecular complexity index is 1820. The molecule has 2 aliphatic rings. The molecule has 2 saturated heterocycles. The molecule has 0 spiro atoms. The molecule has 2 aromatic carbocycles. The minimum atomic E-state index is -5.11. The van der Waals surface area contributed by atoms with Crippen LogP contribution in [0.25, 0.3) is 22.3 Å². The molecule has 0 saturated carbocycles. The summed E-state index contributed by atoms with van der Waals surface area (Å²) in [6, 6.07) is 2.22. The fourth-order valence-corrected chi connectivity index (χ4v) is 5.68. The van der Waals surface area contributed by atoms with Crippen LogP contribution < -0.4 is 5.43 Å². The zero-order valence-corrected chi connectivity index (χ0v) is 23.8. The van der Waals surface area contributed by atoms with E-state index in [1.54, 1.807) is 0 Å². The van der Waals surface area contributed by atoms with Crippen molar-refractivity contribution < 1.29 is 87.2 Å². The largest absolute Gasteiger partial charge is 0.507 e. The van der Waals surface area contributed by atoms with Gasteiger partial charge in [0.05, 0.1) is 29.9 Å². The van der Waals surface area contributed by atoms with E-state index in [-0.39, 0.29) is 5.56 Å². The maximum absolute atomic E-state index is 13.5. The van der Waals surface area contributed by atoms with Gasteiger partial charge in [-0.2, -0.15) is 8.42 Å². The summed E-state index contributed by atoms with van der Waals surface area (Å²) in [4.78, 5) is 13.5. The zero-order valence-electron chi connectivity index (χ0n) is 23.0. The molecule has 19 nitrogen and oxygen atoms in total. The van der Waals surface area contributed by atoms with Crippen LogP contribution in [0, 0.1) is 0 Å². The van der Waals surface area contributed by atoms with Crippen LogP contribution in [0.5, 0.6) is 28.7 Å². The van der Waals surface area contributed by atoms with Gasteiger partial charge in [0.25, 0.3) is 0 Å². The lowest BCUT2D eigenvalue weighted by molar-refractivity contribution is -0.230. The third kappa shape index (κ3) is 5.80. The number of hydrogen-bond donors (Lipinski definition) is 12. The number of aliphatic hydroxyl groups excluding tert-OH is 6. The minimum absolute atomic E-state index is 0.381. The van der Waals surface area contributed by atoms with Crippen molar-refractivity contribution in [2.45, 2.75) is 54.9 Å². The Kier molecular flexibility index (Phi) is 8.82. The van der Waals surface area contributed by atoms with Gasteiger partial charge in [-0.25, -0.2) is 4.18 Å². The Hall–Kier alpha value is -3.80. The van der Waals surface area contributed by atoms with Crippen molar-refractivity contribution in [3.63, 3.8) is 0 Å². The van der Waals surface area contributed by atoms with Crippen LogP contribution in [0.1, 0.15) is 23.3 Å². The van der Waals surface area contributed by atoms with E-state index in [1.807, 2.05) is 0 Å². The van der Waals surface area contributed by atoms with Crippen LogP contribution in [-0.4, -0.2) is 125 Å². The number of hydrogen-bond acceptors (Lipinski definition) is 18. The second-order valence-electron chi connectivity index (χ2n) is 10.6. The monoisotopic (exact) mass is 676 g/mol. The van der Waals surface area contributed by atoms with Crippen LogP contribution in [0.3, 0.4) is 0 Å². The molecule has 9 atom stereocenters. The molecule has 2 fully saturated rings. The summed E-state index contributed by atoms with van der Waals surface area (Å²) in [5.74, 6) is -5.05. The zero-order chi connectivity index (χ0) is 34.0. The first-order valence-corrected chi connectivity index (χ1v) is 14.6. The van der Waals surface area contributed by atoms with E-state index in [2.05, 4.69) is 4.18 Å². The smallest absolute Gasteiger partial charge is 0.397 e. The highest BCUT2D eigenvalue weighted by Gasteiger charge is 2.49. The van der Waals surface area contributed by atoms with Crippen LogP contribution in [0.4, 0.5) is 0 Å². The van der Waals surface area contributed by atoms with Crippen molar-refractivity contribution in [3.05, 3.63) is 39.5 Å². The molecule has 12 N–H and O–H groups in total. The second kappa shape index (κ2) is 12.1. The molecule has 252 valence electrons. The first-order valence-electron chi connectivity index (χ1n) is 13.2. The number of ether oxygens (including phenoxy) is 2.